The van der Waals surface area contributed by atoms with Crippen molar-refractivity contribution in [2.75, 3.05) is 18.4 Å². The van der Waals surface area contributed by atoms with E-state index in [9.17, 15) is 22.8 Å². The third kappa shape index (κ3) is 7.26. The van der Waals surface area contributed by atoms with Crippen molar-refractivity contribution in [1.29, 1.82) is 0 Å². The molecular weight excluding hydrogens is 373 g/mol. The van der Waals surface area contributed by atoms with E-state index >= 15 is 0 Å². The molecule has 2 aromatic rings. The summed E-state index contributed by atoms with van der Waals surface area (Å²) in [4.78, 5) is 27.5. The van der Waals surface area contributed by atoms with Gasteiger partial charge in [0.25, 0.3) is 0 Å². The van der Waals surface area contributed by atoms with Gasteiger partial charge < -0.3 is 16.0 Å². The van der Waals surface area contributed by atoms with Gasteiger partial charge in [0.05, 0.1) is 5.56 Å². The van der Waals surface area contributed by atoms with E-state index in [1.165, 1.54) is 12.1 Å². The molecule has 6 nitrogen and oxygen atoms in total. The van der Waals surface area contributed by atoms with E-state index in [0.717, 1.165) is 17.7 Å². The summed E-state index contributed by atoms with van der Waals surface area (Å²) in [5.74, 6) is 0.165. The number of benzene rings is 1. The number of anilines is 1. The zero-order valence-corrected chi connectivity index (χ0v) is 15.3. The summed E-state index contributed by atoms with van der Waals surface area (Å²) in [6, 6.07) is 7.85. The first-order valence-corrected chi connectivity index (χ1v) is 8.64. The molecule has 0 aliphatic heterocycles. The van der Waals surface area contributed by atoms with Gasteiger partial charge in [-0.3, -0.25) is 4.79 Å². The highest BCUT2D eigenvalue weighted by Crippen LogP contribution is 2.29. The van der Waals surface area contributed by atoms with Gasteiger partial charge in [-0.15, -0.1) is 0 Å². The smallest absolute Gasteiger partial charge is 0.338 e. The first-order valence-electron chi connectivity index (χ1n) is 8.64. The number of alkyl halides is 3. The summed E-state index contributed by atoms with van der Waals surface area (Å²) in [5.41, 5.74) is 0.951. The third-order valence-electron chi connectivity index (χ3n) is 3.80. The van der Waals surface area contributed by atoms with E-state index in [-0.39, 0.29) is 25.4 Å². The Morgan fingerprint density at radius 3 is 2.29 bits per heavy atom. The second-order valence-corrected chi connectivity index (χ2v) is 6.15. The van der Waals surface area contributed by atoms with Gasteiger partial charge in [-0.2, -0.15) is 13.2 Å². The lowest BCUT2D eigenvalue weighted by Crippen LogP contribution is -2.38. The monoisotopic (exact) mass is 394 g/mol. The number of aromatic nitrogens is 1. The maximum atomic E-state index is 12.5. The van der Waals surface area contributed by atoms with Crippen molar-refractivity contribution in [3.63, 3.8) is 0 Å². The van der Waals surface area contributed by atoms with Crippen LogP contribution in [0, 0.1) is 6.92 Å². The average Bonchev–Trinajstić information content (AvgIpc) is 2.63. The molecule has 0 saturated carbocycles. The number of carbonyl (C=O) groups excluding carboxylic acids is 2. The van der Waals surface area contributed by atoms with Crippen molar-refractivity contribution < 1.29 is 22.8 Å². The van der Waals surface area contributed by atoms with Crippen molar-refractivity contribution in [2.24, 2.45) is 0 Å². The molecule has 0 bridgehead atoms. The first kappa shape index (κ1) is 21.2. The number of halogens is 3. The SMILES string of the molecule is Cc1ccc(NC(=O)CCNC(=O)NCCc2ccc(C(F)(F)F)cc2)nc1. The maximum Gasteiger partial charge on any atom is 0.416 e. The van der Waals surface area contributed by atoms with Gasteiger partial charge in [0, 0.05) is 25.7 Å². The lowest BCUT2D eigenvalue weighted by atomic mass is 10.1. The number of amides is 3. The number of nitrogens with zero attached hydrogens (tertiary/aromatic N) is 1. The Balaban J connectivity index is 1.62. The van der Waals surface area contributed by atoms with Crippen molar-refractivity contribution in [2.45, 2.75) is 25.9 Å². The highest BCUT2D eigenvalue weighted by molar-refractivity contribution is 5.90. The number of nitrogens with one attached hydrogen (secondary N) is 3. The van der Waals surface area contributed by atoms with Crippen LogP contribution in [-0.2, 0) is 17.4 Å². The van der Waals surface area contributed by atoms with Gasteiger partial charge in [-0.1, -0.05) is 18.2 Å². The molecule has 1 aromatic carbocycles. The second-order valence-electron chi connectivity index (χ2n) is 6.15. The van der Waals surface area contributed by atoms with Crippen LogP contribution in [0.2, 0.25) is 0 Å². The molecule has 0 spiro atoms. The summed E-state index contributed by atoms with van der Waals surface area (Å²) in [7, 11) is 0. The van der Waals surface area contributed by atoms with Crippen LogP contribution in [0.15, 0.2) is 42.6 Å². The Hall–Kier alpha value is -3.10. The Labute approximate surface area is 160 Å². The van der Waals surface area contributed by atoms with Gasteiger partial charge in [0.15, 0.2) is 0 Å². The summed E-state index contributed by atoms with van der Waals surface area (Å²) in [5, 5.41) is 7.75. The topological polar surface area (TPSA) is 83.1 Å². The standard InChI is InChI=1S/C19H21F3N4O2/c1-13-2-7-16(25-12-13)26-17(27)9-11-24-18(28)23-10-8-14-3-5-15(6-4-14)19(20,21)22/h2-7,12H,8-11H2,1H3,(H2,23,24,28)(H,25,26,27). The summed E-state index contributed by atoms with van der Waals surface area (Å²) >= 11 is 0. The Morgan fingerprint density at radius 2 is 1.68 bits per heavy atom. The van der Waals surface area contributed by atoms with E-state index in [1.807, 2.05) is 13.0 Å². The van der Waals surface area contributed by atoms with Gasteiger partial charge in [-0.25, -0.2) is 9.78 Å². The number of pyridine rings is 1. The van der Waals surface area contributed by atoms with Crippen LogP contribution < -0.4 is 16.0 Å². The fourth-order valence-electron chi connectivity index (χ4n) is 2.28. The molecule has 0 fully saturated rings. The van der Waals surface area contributed by atoms with Crippen LogP contribution in [0.4, 0.5) is 23.8 Å². The van der Waals surface area contributed by atoms with Crippen LogP contribution in [0.5, 0.6) is 0 Å². The van der Waals surface area contributed by atoms with Crippen molar-refractivity contribution in [1.82, 2.24) is 15.6 Å². The van der Waals surface area contributed by atoms with E-state index in [2.05, 4.69) is 20.9 Å². The molecular formula is C19H21F3N4O2. The number of carbonyl (C=O) groups is 2. The molecule has 2 rings (SSSR count). The third-order valence-corrected chi connectivity index (χ3v) is 3.80. The molecule has 0 radical (unpaired) electrons. The minimum absolute atomic E-state index is 0.0852. The summed E-state index contributed by atoms with van der Waals surface area (Å²) in [6.07, 6.45) is -2.25. The Morgan fingerprint density at radius 1 is 1.00 bits per heavy atom. The number of rotatable bonds is 7. The number of urea groups is 1. The van der Waals surface area contributed by atoms with Crippen LogP contribution in [-0.4, -0.2) is 30.0 Å². The fraction of sp³-hybridized carbons (Fsp3) is 0.316. The average molecular weight is 394 g/mol. The molecule has 150 valence electrons. The molecule has 0 atom stereocenters. The van der Waals surface area contributed by atoms with Gasteiger partial charge in [0.1, 0.15) is 5.82 Å². The molecule has 3 amide bonds. The highest BCUT2D eigenvalue weighted by atomic mass is 19.4. The fourth-order valence-corrected chi connectivity index (χ4v) is 2.28. The van der Waals surface area contributed by atoms with Gasteiger partial charge in [-0.05, 0) is 42.7 Å². The first-order chi connectivity index (χ1) is 13.2. The lowest BCUT2D eigenvalue weighted by Gasteiger charge is -2.09. The van der Waals surface area contributed by atoms with E-state index in [4.69, 9.17) is 0 Å². The molecule has 1 aromatic heterocycles. The number of hydrogen-bond donors (Lipinski definition) is 3. The quantitative estimate of drug-likeness (QED) is 0.674. The Kier molecular flexibility index (Phi) is 7.36. The zero-order chi connectivity index (χ0) is 20.6. The zero-order valence-electron chi connectivity index (χ0n) is 15.3. The van der Waals surface area contributed by atoms with Crippen molar-refractivity contribution in [3.05, 3.63) is 59.3 Å². The summed E-state index contributed by atoms with van der Waals surface area (Å²) in [6.45, 7) is 2.29. The summed E-state index contributed by atoms with van der Waals surface area (Å²) < 4.78 is 37.5. The maximum absolute atomic E-state index is 12.5. The van der Waals surface area contributed by atoms with Crippen LogP contribution in [0.3, 0.4) is 0 Å². The largest absolute Gasteiger partial charge is 0.416 e. The van der Waals surface area contributed by atoms with Crippen molar-refractivity contribution in [3.8, 4) is 0 Å². The van der Waals surface area contributed by atoms with Gasteiger partial charge >= 0.3 is 12.2 Å². The van der Waals surface area contributed by atoms with Crippen LogP contribution >= 0.6 is 0 Å². The minimum atomic E-state index is -4.36. The van der Waals surface area contributed by atoms with Crippen molar-refractivity contribution >= 4 is 17.8 Å². The van der Waals surface area contributed by atoms with Gasteiger partial charge in [0.2, 0.25) is 5.91 Å². The molecule has 0 aliphatic carbocycles. The predicted molar refractivity (Wildman–Crippen MR) is 98.8 cm³/mol. The molecule has 1 heterocycles. The number of hydrogen-bond acceptors (Lipinski definition) is 3. The second kappa shape index (κ2) is 9.72. The Bertz CT molecular complexity index is 790. The van der Waals surface area contributed by atoms with E-state index in [1.54, 1.807) is 12.3 Å². The van der Waals surface area contributed by atoms with Crippen LogP contribution in [0.1, 0.15) is 23.1 Å². The number of aryl methyl sites for hydroxylation is 1. The molecule has 0 aliphatic rings. The minimum Gasteiger partial charge on any atom is -0.338 e. The molecule has 3 N–H and O–H groups in total. The predicted octanol–water partition coefficient (Wildman–Crippen LogP) is 3.28. The molecule has 28 heavy (non-hydrogen) atoms. The molecule has 9 heteroatoms. The molecule has 0 saturated heterocycles. The highest BCUT2D eigenvalue weighted by Gasteiger charge is 2.29. The van der Waals surface area contributed by atoms with Crippen LogP contribution in [0.25, 0.3) is 0 Å². The van der Waals surface area contributed by atoms with E-state index in [0.29, 0.717) is 17.8 Å². The normalized spacial score (nSPS) is 11.0. The lowest BCUT2D eigenvalue weighted by molar-refractivity contribution is -0.137. The molecule has 0 unspecified atom stereocenters. The van der Waals surface area contributed by atoms with E-state index < -0.39 is 17.8 Å².